The summed E-state index contributed by atoms with van der Waals surface area (Å²) in [6.07, 6.45) is 3.22. The summed E-state index contributed by atoms with van der Waals surface area (Å²) in [7, 11) is 0. The van der Waals surface area contributed by atoms with Crippen LogP contribution in [0.2, 0.25) is 0 Å². The summed E-state index contributed by atoms with van der Waals surface area (Å²) in [6.45, 7) is 2.45. The van der Waals surface area contributed by atoms with E-state index in [1.807, 2.05) is 6.07 Å². The van der Waals surface area contributed by atoms with Gasteiger partial charge in [-0.15, -0.1) is 0 Å². The van der Waals surface area contributed by atoms with Gasteiger partial charge in [0, 0.05) is 6.20 Å². The van der Waals surface area contributed by atoms with Crippen molar-refractivity contribution >= 4 is 6.03 Å². The molecule has 2 aromatic rings. The van der Waals surface area contributed by atoms with E-state index in [9.17, 15) is 9.18 Å². The molecular formula is C16H19FN4O. The van der Waals surface area contributed by atoms with Gasteiger partial charge in [0.05, 0.1) is 18.3 Å². The Labute approximate surface area is 128 Å². The second-order valence-electron chi connectivity index (χ2n) is 5.71. The lowest BCUT2D eigenvalue weighted by Gasteiger charge is -2.32. The number of hydrogen-bond acceptors (Lipinski definition) is 2. The van der Waals surface area contributed by atoms with Crippen molar-refractivity contribution in [1.29, 1.82) is 0 Å². The van der Waals surface area contributed by atoms with Crippen LogP contribution in [0.1, 0.15) is 36.2 Å². The van der Waals surface area contributed by atoms with Gasteiger partial charge in [-0.2, -0.15) is 5.10 Å². The minimum absolute atomic E-state index is 0.166. The Balaban J connectivity index is 1.69. The monoisotopic (exact) mass is 302 g/mol. The minimum Gasteiger partial charge on any atom is -0.333 e. The van der Waals surface area contributed by atoms with Gasteiger partial charge in [-0.3, -0.25) is 5.10 Å². The first kappa shape index (κ1) is 14.6. The van der Waals surface area contributed by atoms with E-state index in [1.165, 1.54) is 6.07 Å². The van der Waals surface area contributed by atoms with Crippen LogP contribution in [0.4, 0.5) is 9.18 Å². The molecule has 1 aliphatic carbocycles. The van der Waals surface area contributed by atoms with E-state index >= 15 is 0 Å². The third-order valence-electron chi connectivity index (χ3n) is 4.19. The highest BCUT2D eigenvalue weighted by Crippen LogP contribution is 2.35. The number of aromatic nitrogens is 2. The van der Waals surface area contributed by atoms with Crippen LogP contribution in [0.5, 0.6) is 0 Å². The van der Waals surface area contributed by atoms with E-state index in [2.05, 4.69) is 27.8 Å². The van der Waals surface area contributed by atoms with Crippen LogP contribution in [-0.4, -0.2) is 16.2 Å². The summed E-state index contributed by atoms with van der Waals surface area (Å²) in [5.74, 6) is 0.0845. The number of H-pyrrole nitrogens is 1. The number of benzene rings is 1. The van der Waals surface area contributed by atoms with Crippen molar-refractivity contribution in [2.45, 2.75) is 32.4 Å². The lowest BCUT2D eigenvalue weighted by Crippen LogP contribution is -2.41. The number of hydrogen-bond donors (Lipinski definition) is 3. The topological polar surface area (TPSA) is 69.8 Å². The Morgan fingerprint density at radius 1 is 1.45 bits per heavy atom. The lowest BCUT2D eigenvalue weighted by molar-refractivity contribution is 0.229. The zero-order chi connectivity index (χ0) is 15.5. The van der Waals surface area contributed by atoms with Gasteiger partial charge in [-0.25, -0.2) is 9.18 Å². The number of amides is 2. The lowest BCUT2D eigenvalue weighted by atomic mass is 9.80. The van der Waals surface area contributed by atoms with Crippen molar-refractivity contribution < 1.29 is 9.18 Å². The maximum absolute atomic E-state index is 13.9. The fraction of sp³-hybridized carbons (Fsp3) is 0.375. The molecule has 1 aliphatic rings. The molecule has 5 nitrogen and oxygen atoms in total. The second kappa shape index (κ2) is 6.17. The maximum atomic E-state index is 13.9. The fourth-order valence-electron chi connectivity index (χ4n) is 2.95. The first-order valence-corrected chi connectivity index (χ1v) is 7.45. The Morgan fingerprint density at radius 2 is 2.32 bits per heavy atom. The first-order chi connectivity index (χ1) is 10.6. The standard InChI is InChI=1S/C16H19FN4O/c1-10-5-6-12-13(3-2-4-14(12)17)15(10)20-16(22)18-9-11-7-8-19-21-11/h2-4,7-8,10,15H,5-6,9H2,1H3,(H,19,21)(H2,18,20,22)/t10-,15-/m1/s1. The molecule has 0 unspecified atom stereocenters. The van der Waals surface area contributed by atoms with Gasteiger partial charge in [0.2, 0.25) is 0 Å². The van der Waals surface area contributed by atoms with Gasteiger partial charge >= 0.3 is 6.03 Å². The predicted octanol–water partition coefficient (Wildman–Crippen LogP) is 2.67. The summed E-state index contributed by atoms with van der Waals surface area (Å²) >= 11 is 0. The molecule has 0 aliphatic heterocycles. The summed E-state index contributed by atoms with van der Waals surface area (Å²) < 4.78 is 13.9. The highest BCUT2D eigenvalue weighted by atomic mass is 19.1. The molecule has 1 heterocycles. The molecule has 0 radical (unpaired) electrons. The van der Waals surface area contributed by atoms with Crippen LogP contribution in [-0.2, 0) is 13.0 Å². The van der Waals surface area contributed by atoms with Crippen LogP contribution in [0.15, 0.2) is 30.5 Å². The Morgan fingerprint density at radius 3 is 3.09 bits per heavy atom. The van der Waals surface area contributed by atoms with E-state index < -0.39 is 0 Å². The molecule has 22 heavy (non-hydrogen) atoms. The second-order valence-corrected chi connectivity index (χ2v) is 5.71. The van der Waals surface area contributed by atoms with E-state index in [1.54, 1.807) is 18.3 Å². The number of halogens is 1. The largest absolute Gasteiger partial charge is 0.333 e. The SMILES string of the molecule is C[C@@H]1CCc2c(F)cccc2[C@@H]1NC(=O)NCc1ccn[nH]1. The molecule has 3 N–H and O–H groups in total. The van der Waals surface area contributed by atoms with E-state index in [0.717, 1.165) is 29.7 Å². The quantitative estimate of drug-likeness (QED) is 0.816. The highest BCUT2D eigenvalue weighted by molar-refractivity contribution is 5.74. The minimum atomic E-state index is -0.261. The number of nitrogens with one attached hydrogen (secondary N) is 3. The van der Waals surface area contributed by atoms with Crippen molar-refractivity contribution in [2.24, 2.45) is 5.92 Å². The molecule has 6 heteroatoms. The van der Waals surface area contributed by atoms with Crippen LogP contribution in [0.3, 0.4) is 0 Å². The van der Waals surface area contributed by atoms with Gasteiger partial charge in [0.1, 0.15) is 5.82 Å². The molecule has 1 aromatic carbocycles. The van der Waals surface area contributed by atoms with Gasteiger partial charge in [-0.1, -0.05) is 19.1 Å². The normalized spacial score (nSPS) is 20.3. The average molecular weight is 302 g/mol. The summed E-state index contributed by atoms with van der Waals surface area (Å²) in [5.41, 5.74) is 2.44. The van der Waals surface area contributed by atoms with Crippen molar-refractivity contribution in [2.75, 3.05) is 0 Å². The molecule has 116 valence electrons. The fourth-order valence-corrected chi connectivity index (χ4v) is 2.95. The maximum Gasteiger partial charge on any atom is 0.315 e. The van der Waals surface area contributed by atoms with Gasteiger partial charge in [0.15, 0.2) is 0 Å². The van der Waals surface area contributed by atoms with Crippen molar-refractivity contribution in [1.82, 2.24) is 20.8 Å². The third kappa shape index (κ3) is 2.95. The summed E-state index contributed by atoms with van der Waals surface area (Å²) in [4.78, 5) is 12.1. The van der Waals surface area contributed by atoms with E-state index in [0.29, 0.717) is 6.54 Å². The molecular weight excluding hydrogens is 283 g/mol. The average Bonchev–Trinajstić information content (AvgIpc) is 3.02. The number of nitrogens with zero attached hydrogens (tertiary/aromatic N) is 1. The Kier molecular flexibility index (Phi) is 4.09. The molecule has 0 bridgehead atoms. The number of carbonyl (C=O) groups is 1. The molecule has 0 fully saturated rings. The molecule has 3 rings (SSSR count). The number of aromatic amines is 1. The first-order valence-electron chi connectivity index (χ1n) is 7.45. The summed E-state index contributed by atoms with van der Waals surface area (Å²) in [6, 6.07) is 6.44. The van der Waals surface area contributed by atoms with Crippen LogP contribution >= 0.6 is 0 Å². The van der Waals surface area contributed by atoms with Crippen LogP contribution < -0.4 is 10.6 Å². The molecule has 2 amide bonds. The van der Waals surface area contributed by atoms with E-state index in [4.69, 9.17) is 0 Å². The van der Waals surface area contributed by atoms with Crippen LogP contribution in [0.25, 0.3) is 0 Å². The van der Waals surface area contributed by atoms with E-state index in [-0.39, 0.29) is 23.8 Å². The number of carbonyl (C=O) groups excluding carboxylic acids is 1. The number of fused-ring (bicyclic) bond motifs is 1. The smallest absolute Gasteiger partial charge is 0.315 e. The molecule has 1 aromatic heterocycles. The molecule has 0 saturated heterocycles. The van der Waals surface area contributed by atoms with Gasteiger partial charge in [-0.05, 0) is 42.0 Å². The molecule has 0 saturated carbocycles. The third-order valence-corrected chi connectivity index (χ3v) is 4.19. The van der Waals surface area contributed by atoms with Gasteiger partial charge < -0.3 is 10.6 Å². The Hall–Kier alpha value is -2.37. The predicted molar refractivity (Wildman–Crippen MR) is 80.6 cm³/mol. The number of rotatable bonds is 3. The summed E-state index contributed by atoms with van der Waals surface area (Å²) in [5, 5.41) is 12.4. The van der Waals surface area contributed by atoms with Crippen LogP contribution in [0, 0.1) is 11.7 Å². The van der Waals surface area contributed by atoms with Crippen molar-refractivity contribution in [3.05, 3.63) is 53.1 Å². The zero-order valence-electron chi connectivity index (χ0n) is 12.4. The molecule has 0 spiro atoms. The molecule has 2 atom stereocenters. The van der Waals surface area contributed by atoms with Crippen molar-refractivity contribution in [3.8, 4) is 0 Å². The zero-order valence-corrected chi connectivity index (χ0v) is 12.4. The highest BCUT2D eigenvalue weighted by Gasteiger charge is 2.29. The van der Waals surface area contributed by atoms with Gasteiger partial charge in [0.25, 0.3) is 0 Å². The van der Waals surface area contributed by atoms with Crippen molar-refractivity contribution in [3.63, 3.8) is 0 Å². The number of urea groups is 1. The Bertz CT molecular complexity index is 656.